The largest absolute Gasteiger partial charge is 0.314 e. The van der Waals surface area contributed by atoms with Gasteiger partial charge in [0, 0.05) is 19.3 Å². The summed E-state index contributed by atoms with van der Waals surface area (Å²) in [6.07, 6.45) is 6.22. The van der Waals surface area contributed by atoms with E-state index in [2.05, 4.69) is 59.5 Å². The van der Waals surface area contributed by atoms with Crippen LogP contribution in [0.15, 0.2) is 60.7 Å². The van der Waals surface area contributed by atoms with Gasteiger partial charge in [0.15, 0.2) is 0 Å². The normalized spacial score (nSPS) is 19.0. The van der Waals surface area contributed by atoms with Gasteiger partial charge in [0.25, 0.3) is 0 Å². The maximum absolute atomic E-state index is 12.9. The minimum atomic E-state index is -0.301. The van der Waals surface area contributed by atoms with Crippen molar-refractivity contribution in [1.82, 2.24) is 4.90 Å². The first kappa shape index (κ1) is 18.7. The molecular weight excluding hydrogens is 344 g/mol. The van der Waals surface area contributed by atoms with Gasteiger partial charge in [-0.25, -0.2) is 0 Å². The average molecular weight is 369 g/mol. The van der Waals surface area contributed by atoms with Crippen LogP contribution in [-0.2, 0) is 10.2 Å². The number of hydrogen-bond donors (Lipinski definition) is 0. The molecule has 3 nitrogen and oxygen atoms in total. The lowest BCUT2D eigenvalue weighted by molar-refractivity contribution is -0.124. The van der Waals surface area contributed by atoms with Gasteiger partial charge < -0.3 is 4.90 Å². The Kier molecular flexibility index (Phi) is 5.49. The number of para-hydroxylation sites is 1. The van der Waals surface area contributed by atoms with Gasteiger partial charge in [-0.15, -0.1) is 12.4 Å². The first-order chi connectivity index (χ1) is 12.2. The fraction of sp³-hybridized carbons (Fsp3) is 0.318. The number of amides is 1. The number of anilines is 1. The number of nitrogens with zero attached hydrogens (tertiary/aromatic N) is 2. The molecule has 0 aliphatic carbocycles. The van der Waals surface area contributed by atoms with Gasteiger partial charge in [0.2, 0.25) is 5.91 Å². The molecule has 26 heavy (non-hydrogen) atoms. The second kappa shape index (κ2) is 7.65. The Bertz CT molecular complexity index is 795. The van der Waals surface area contributed by atoms with E-state index >= 15 is 0 Å². The van der Waals surface area contributed by atoms with Gasteiger partial charge >= 0.3 is 0 Å². The molecule has 0 radical (unpaired) electrons. The van der Waals surface area contributed by atoms with Crippen LogP contribution < -0.4 is 4.90 Å². The summed E-state index contributed by atoms with van der Waals surface area (Å²) >= 11 is 0. The Morgan fingerprint density at radius 2 is 1.65 bits per heavy atom. The summed E-state index contributed by atoms with van der Waals surface area (Å²) in [4.78, 5) is 17.2. The van der Waals surface area contributed by atoms with Crippen molar-refractivity contribution in [1.29, 1.82) is 0 Å². The minimum Gasteiger partial charge on any atom is -0.314 e. The summed E-state index contributed by atoms with van der Waals surface area (Å²) in [6, 6.07) is 18.7. The highest BCUT2D eigenvalue weighted by molar-refractivity contribution is 6.07. The van der Waals surface area contributed by atoms with Gasteiger partial charge in [-0.3, -0.25) is 9.69 Å². The molecule has 2 aliphatic heterocycles. The first-order valence-corrected chi connectivity index (χ1v) is 9.02. The molecule has 0 N–H and O–H groups in total. The summed E-state index contributed by atoms with van der Waals surface area (Å²) < 4.78 is 0. The third-order valence-corrected chi connectivity index (χ3v) is 5.68. The van der Waals surface area contributed by atoms with E-state index in [0.717, 1.165) is 38.2 Å². The lowest BCUT2D eigenvalue weighted by atomic mass is 9.73. The van der Waals surface area contributed by atoms with E-state index in [1.165, 1.54) is 11.1 Å². The topological polar surface area (TPSA) is 23.6 Å². The second-order valence-electron chi connectivity index (χ2n) is 7.08. The van der Waals surface area contributed by atoms with Crippen LogP contribution >= 0.6 is 12.4 Å². The highest BCUT2D eigenvalue weighted by Gasteiger charge is 2.50. The SMILES string of the molecule is CN1C(=O)C2(CCN(CC=Cc3ccccc3)CC2)c2ccccc21.Cl. The van der Waals surface area contributed by atoms with E-state index in [4.69, 9.17) is 0 Å². The molecule has 1 spiro atoms. The molecule has 2 aromatic rings. The molecule has 0 saturated carbocycles. The molecule has 2 heterocycles. The molecule has 136 valence electrons. The number of fused-ring (bicyclic) bond motifs is 2. The number of carbonyl (C=O) groups is 1. The zero-order valence-electron chi connectivity index (χ0n) is 15.1. The van der Waals surface area contributed by atoms with Gasteiger partial charge in [0.05, 0.1) is 5.41 Å². The predicted molar refractivity (Wildman–Crippen MR) is 110 cm³/mol. The van der Waals surface area contributed by atoms with Crippen LogP contribution in [0.5, 0.6) is 0 Å². The average Bonchev–Trinajstić information content (AvgIpc) is 2.87. The van der Waals surface area contributed by atoms with Crippen molar-refractivity contribution in [2.45, 2.75) is 18.3 Å². The standard InChI is InChI=1S/C22H24N2O.ClH/c1-23-20-12-6-5-11-19(20)22(21(23)25)13-16-24(17-14-22)15-7-10-18-8-3-2-4-9-18;/h2-12H,13-17H2,1H3;1H. The summed E-state index contributed by atoms with van der Waals surface area (Å²) in [5, 5.41) is 0. The van der Waals surface area contributed by atoms with Crippen LogP contribution in [0.25, 0.3) is 6.08 Å². The van der Waals surface area contributed by atoms with Gasteiger partial charge in [-0.05, 0) is 43.1 Å². The highest BCUT2D eigenvalue weighted by atomic mass is 35.5. The first-order valence-electron chi connectivity index (χ1n) is 9.02. The second-order valence-corrected chi connectivity index (χ2v) is 7.08. The summed E-state index contributed by atoms with van der Waals surface area (Å²) in [5.41, 5.74) is 3.25. The van der Waals surface area contributed by atoms with E-state index in [-0.39, 0.29) is 23.7 Å². The van der Waals surface area contributed by atoms with E-state index in [0.29, 0.717) is 0 Å². The summed E-state index contributed by atoms with van der Waals surface area (Å²) in [7, 11) is 1.91. The lowest BCUT2D eigenvalue weighted by Gasteiger charge is -2.38. The van der Waals surface area contributed by atoms with Crippen LogP contribution in [-0.4, -0.2) is 37.5 Å². The molecule has 4 rings (SSSR count). The molecule has 0 atom stereocenters. The number of likely N-dealkylation sites (tertiary alicyclic amines) is 1. The summed E-state index contributed by atoms with van der Waals surface area (Å²) in [6.45, 7) is 2.87. The van der Waals surface area contributed by atoms with E-state index in [9.17, 15) is 4.79 Å². The Morgan fingerprint density at radius 1 is 1.00 bits per heavy atom. The van der Waals surface area contributed by atoms with Gasteiger partial charge in [-0.1, -0.05) is 60.7 Å². The monoisotopic (exact) mass is 368 g/mol. The highest BCUT2D eigenvalue weighted by Crippen LogP contribution is 2.47. The summed E-state index contributed by atoms with van der Waals surface area (Å²) in [5.74, 6) is 0.271. The van der Waals surface area contributed by atoms with E-state index in [1.54, 1.807) is 0 Å². The van der Waals surface area contributed by atoms with Crippen molar-refractivity contribution in [3.63, 3.8) is 0 Å². The lowest BCUT2D eigenvalue weighted by Crippen LogP contribution is -2.48. The Morgan fingerprint density at radius 3 is 2.38 bits per heavy atom. The van der Waals surface area contributed by atoms with Crippen LogP contribution in [0.3, 0.4) is 0 Å². The van der Waals surface area contributed by atoms with Crippen molar-refractivity contribution in [3.8, 4) is 0 Å². The third-order valence-electron chi connectivity index (χ3n) is 5.68. The van der Waals surface area contributed by atoms with Crippen LogP contribution in [0.2, 0.25) is 0 Å². The maximum Gasteiger partial charge on any atom is 0.237 e. The number of benzene rings is 2. The zero-order chi connectivity index (χ0) is 17.3. The number of hydrogen-bond acceptors (Lipinski definition) is 2. The van der Waals surface area contributed by atoms with Crippen LogP contribution in [0, 0.1) is 0 Å². The van der Waals surface area contributed by atoms with Crippen molar-refractivity contribution in [3.05, 3.63) is 71.8 Å². The number of rotatable bonds is 3. The van der Waals surface area contributed by atoms with E-state index < -0.39 is 0 Å². The maximum atomic E-state index is 12.9. The van der Waals surface area contributed by atoms with Crippen molar-refractivity contribution < 1.29 is 4.79 Å². The van der Waals surface area contributed by atoms with Crippen molar-refractivity contribution >= 4 is 30.1 Å². The Balaban J connectivity index is 0.00000196. The fourth-order valence-electron chi connectivity index (χ4n) is 4.22. The van der Waals surface area contributed by atoms with Gasteiger partial charge in [-0.2, -0.15) is 0 Å². The fourth-order valence-corrected chi connectivity index (χ4v) is 4.22. The number of likely N-dealkylation sites (N-methyl/N-ethyl adjacent to an activating group) is 1. The zero-order valence-corrected chi connectivity index (χ0v) is 15.9. The molecule has 0 unspecified atom stereocenters. The number of carbonyl (C=O) groups excluding carboxylic acids is 1. The molecule has 0 bridgehead atoms. The van der Waals surface area contributed by atoms with Crippen molar-refractivity contribution in [2.75, 3.05) is 31.6 Å². The van der Waals surface area contributed by atoms with Crippen LogP contribution in [0.4, 0.5) is 5.69 Å². The number of halogens is 1. The molecule has 1 amide bonds. The van der Waals surface area contributed by atoms with Crippen molar-refractivity contribution in [2.24, 2.45) is 0 Å². The molecule has 1 fully saturated rings. The van der Waals surface area contributed by atoms with Gasteiger partial charge in [0.1, 0.15) is 0 Å². The predicted octanol–water partition coefficient (Wildman–Crippen LogP) is 4.13. The number of piperidine rings is 1. The third kappa shape index (κ3) is 3.17. The van der Waals surface area contributed by atoms with Crippen LogP contribution in [0.1, 0.15) is 24.0 Å². The smallest absolute Gasteiger partial charge is 0.237 e. The molecule has 1 saturated heterocycles. The molecular formula is C22H25ClN2O. The molecule has 4 heteroatoms. The molecule has 0 aromatic heterocycles. The quantitative estimate of drug-likeness (QED) is 0.813. The Labute approximate surface area is 161 Å². The van der Waals surface area contributed by atoms with E-state index in [1.807, 2.05) is 24.1 Å². The minimum absolute atomic E-state index is 0. The molecule has 2 aliphatic rings. The Hall–Kier alpha value is -2.10. The molecule has 2 aromatic carbocycles.